The zero-order chi connectivity index (χ0) is 18.0. The van der Waals surface area contributed by atoms with Crippen molar-refractivity contribution >= 4 is 0 Å². The van der Waals surface area contributed by atoms with E-state index >= 15 is 0 Å². The van der Waals surface area contributed by atoms with Gasteiger partial charge in [0, 0.05) is 31.5 Å². The highest BCUT2D eigenvalue weighted by atomic mass is 19.4. The smallest absolute Gasteiger partial charge is 0.416 e. The van der Waals surface area contributed by atoms with Crippen molar-refractivity contribution in [3.8, 4) is 16.9 Å². The maximum absolute atomic E-state index is 12.7. The van der Waals surface area contributed by atoms with Crippen molar-refractivity contribution < 1.29 is 23.0 Å². The molecule has 0 spiro atoms. The molecule has 1 aromatic heterocycles. The number of alkyl halides is 3. The number of halogens is 3. The summed E-state index contributed by atoms with van der Waals surface area (Å²) in [6.45, 7) is 1.83. The lowest BCUT2D eigenvalue weighted by atomic mass is 10.0. The molecule has 0 aliphatic carbocycles. The van der Waals surface area contributed by atoms with Gasteiger partial charge in [0.25, 0.3) is 5.56 Å². The Morgan fingerprint density at radius 1 is 1.32 bits per heavy atom. The third-order valence-electron chi connectivity index (χ3n) is 4.32. The molecule has 25 heavy (non-hydrogen) atoms. The molecule has 0 amide bonds. The lowest BCUT2D eigenvalue weighted by molar-refractivity contribution is -0.137. The number of aryl methyl sites for hydroxylation is 1. The Labute approximate surface area is 141 Å². The van der Waals surface area contributed by atoms with E-state index < -0.39 is 23.0 Å². The normalized spacial score (nSPS) is 17.8. The maximum atomic E-state index is 12.7. The molecule has 3 rings (SSSR count). The lowest BCUT2D eigenvalue weighted by Crippen LogP contribution is -2.23. The molecule has 0 radical (unpaired) electrons. The summed E-state index contributed by atoms with van der Waals surface area (Å²) in [5, 5.41) is 9.93. The Hall–Kier alpha value is -2.35. The number of phenols is 1. The van der Waals surface area contributed by atoms with Crippen LogP contribution >= 0.6 is 0 Å². The molecule has 1 aromatic carbocycles. The number of aromatic hydroxyl groups is 1. The minimum absolute atomic E-state index is 0.0315. The monoisotopic (exact) mass is 354 g/mol. The van der Waals surface area contributed by atoms with Gasteiger partial charge in [-0.2, -0.15) is 13.2 Å². The first-order valence-corrected chi connectivity index (χ1v) is 7.89. The molecule has 1 aliphatic rings. The first-order valence-electron chi connectivity index (χ1n) is 7.89. The van der Waals surface area contributed by atoms with Gasteiger partial charge in [-0.15, -0.1) is 0 Å². The standard InChI is InChI=1S/C17H17F3N2O3/c18-17(19,20)12-1-2-13(15(23)7-12)14-8-21-10-22(16(14)24)5-3-11-4-6-25-9-11/h1-2,7-8,10-11,23H,3-6,9H2. The van der Waals surface area contributed by atoms with E-state index in [1.807, 2.05) is 0 Å². The second kappa shape index (κ2) is 6.87. The fraction of sp³-hybridized carbons (Fsp3) is 0.412. The van der Waals surface area contributed by atoms with Gasteiger partial charge in [-0.05, 0) is 37.0 Å². The fourth-order valence-electron chi connectivity index (χ4n) is 2.86. The largest absolute Gasteiger partial charge is 0.507 e. The van der Waals surface area contributed by atoms with Crippen LogP contribution in [0.15, 0.2) is 35.5 Å². The molecule has 1 N–H and O–H groups in total. The Bertz CT molecular complexity index is 812. The fourth-order valence-corrected chi connectivity index (χ4v) is 2.86. The predicted molar refractivity (Wildman–Crippen MR) is 84.1 cm³/mol. The van der Waals surface area contributed by atoms with E-state index in [0.717, 1.165) is 31.6 Å². The average Bonchev–Trinajstić information content (AvgIpc) is 3.07. The van der Waals surface area contributed by atoms with Gasteiger partial charge in [0.1, 0.15) is 5.75 Å². The molecule has 8 heteroatoms. The van der Waals surface area contributed by atoms with Crippen molar-refractivity contribution in [1.82, 2.24) is 9.55 Å². The van der Waals surface area contributed by atoms with E-state index in [1.165, 1.54) is 17.1 Å². The molecule has 1 fully saturated rings. The van der Waals surface area contributed by atoms with Gasteiger partial charge in [0.15, 0.2) is 0 Å². The highest BCUT2D eigenvalue weighted by molar-refractivity contribution is 5.69. The third kappa shape index (κ3) is 3.84. The molecule has 2 heterocycles. The summed E-state index contributed by atoms with van der Waals surface area (Å²) in [6, 6.07) is 2.54. The van der Waals surface area contributed by atoms with Crippen molar-refractivity contribution in [2.45, 2.75) is 25.6 Å². The van der Waals surface area contributed by atoms with Crippen LogP contribution in [0, 0.1) is 5.92 Å². The van der Waals surface area contributed by atoms with E-state index in [-0.39, 0.29) is 11.1 Å². The maximum Gasteiger partial charge on any atom is 0.416 e. The quantitative estimate of drug-likeness (QED) is 0.917. The van der Waals surface area contributed by atoms with Gasteiger partial charge < -0.3 is 9.84 Å². The van der Waals surface area contributed by atoms with Crippen LogP contribution in [-0.2, 0) is 17.5 Å². The molecule has 0 saturated carbocycles. The summed E-state index contributed by atoms with van der Waals surface area (Å²) < 4.78 is 44.8. The van der Waals surface area contributed by atoms with Crippen LogP contribution in [0.3, 0.4) is 0 Å². The number of nitrogens with zero attached hydrogens (tertiary/aromatic N) is 2. The first kappa shape index (κ1) is 17.5. The van der Waals surface area contributed by atoms with Crippen LogP contribution in [0.5, 0.6) is 5.75 Å². The highest BCUT2D eigenvalue weighted by Crippen LogP contribution is 2.35. The number of ether oxygens (including phenoxy) is 1. The van der Waals surface area contributed by atoms with Crippen LogP contribution in [0.25, 0.3) is 11.1 Å². The number of benzene rings is 1. The predicted octanol–water partition coefficient (Wildman–Crippen LogP) is 3.06. The Morgan fingerprint density at radius 2 is 2.12 bits per heavy atom. The zero-order valence-electron chi connectivity index (χ0n) is 13.3. The number of rotatable bonds is 4. The molecule has 0 bridgehead atoms. The summed E-state index contributed by atoms with van der Waals surface area (Å²) in [5.41, 5.74) is -1.27. The summed E-state index contributed by atoms with van der Waals surface area (Å²) in [5.74, 6) is -0.217. The lowest BCUT2D eigenvalue weighted by Gasteiger charge is -2.12. The minimum atomic E-state index is -4.56. The molecule has 134 valence electrons. The van der Waals surface area contributed by atoms with Gasteiger partial charge >= 0.3 is 6.18 Å². The van der Waals surface area contributed by atoms with E-state index in [4.69, 9.17) is 4.74 Å². The number of hydrogen-bond donors (Lipinski definition) is 1. The molecule has 1 unspecified atom stereocenters. The van der Waals surface area contributed by atoms with Gasteiger partial charge in [-0.3, -0.25) is 9.36 Å². The Kier molecular flexibility index (Phi) is 4.80. The van der Waals surface area contributed by atoms with Gasteiger partial charge in [0.2, 0.25) is 0 Å². The highest BCUT2D eigenvalue weighted by Gasteiger charge is 2.31. The summed E-state index contributed by atoms with van der Waals surface area (Å²) in [4.78, 5) is 16.5. The summed E-state index contributed by atoms with van der Waals surface area (Å²) >= 11 is 0. The summed E-state index contributed by atoms with van der Waals surface area (Å²) in [6.07, 6.45) is -0.220. The first-order chi connectivity index (χ1) is 11.9. The van der Waals surface area contributed by atoms with E-state index in [1.54, 1.807) is 0 Å². The minimum Gasteiger partial charge on any atom is -0.507 e. The SMILES string of the molecule is O=c1c(-c2ccc(C(F)(F)F)cc2O)cncn1CCC1CCOC1. The zero-order valence-corrected chi connectivity index (χ0v) is 13.3. The second-order valence-corrected chi connectivity index (χ2v) is 6.05. The van der Waals surface area contributed by atoms with Crippen LogP contribution in [0.1, 0.15) is 18.4 Å². The molecular formula is C17H17F3N2O3. The topological polar surface area (TPSA) is 64.3 Å². The van der Waals surface area contributed by atoms with Gasteiger partial charge in [-0.25, -0.2) is 4.98 Å². The van der Waals surface area contributed by atoms with Crippen molar-refractivity contribution in [2.75, 3.05) is 13.2 Å². The van der Waals surface area contributed by atoms with Crippen LogP contribution in [-0.4, -0.2) is 27.9 Å². The third-order valence-corrected chi connectivity index (χ3v) is 4.32. The van der Waals surface area contributed by atoms with Crippen LogP contribution < -0.4 is 5.56 Å². The van der Waals surface area contributed by atoms with Gasteiger partial charge in [-0.1, -0.05) is 0 Å². The van der Waals surface area contributed by atoms with Crippen LogP contribution in [0.4, 0.5) is 13.2 Å². The van der Waals surface area contributed by atoms with E-state index in [9.17, 15) is 23.1 Å². The van der Waals surface area contributed by atoms with E-state index in [2.05, 4.69) is 4.98 Å². The molecule has 1 saturated heterocycles. The molecule has 1 aliphatic heterocycles. The summed E-state index contributed by atoms with van der Waals surface area (Å²) in [7, 11) is 0. The van der Waals surface area contributed by atoms with E-state index in [0.29, 0.717) is 25.1 Å². The van der Waals surface area contributed by atoms with Crippen molar-refractivity contribution in [1.29, 1.82) is 0 Å². The Balaban J connectivity index is 1.87. The number of phenolic OH excluding ortho intramolecular Hbond substituents is 1. The Morgan fingerprint density at radius 3 is 2.76 bits per heavy atom. The van der Waals surface area contributed by atoms with Crippen LogP contribution in [0.2, 0.25) is 0 Å². The molecule has 2 aromatic rings. The molecular weight excluding hydrogens is 337 g/mol. The van der Waals surface area contributed by atoms with Crippen molar-refractivity contribution in [3.05, 3.63) is 46.6 Å². The second-order valence-electron chi connectivity index (χ2n) is 6.05. The molecule has 5 nitrogen and oxygen atoms in total. The van der Waals surface area contributed by atoms with Crippen molar-refractivity contribution in [3.63, 3.8) is 0 Å². The number of aromatic nitrogens is 2. The average molecular weight is 354 g/mol. The number of hydrogen-bond acceptors (Lipinski definition) is 4. The van der Waals surface area contributed by atoms with Crippen molar-refractivity contribution in [2.24, 2.45) is 5.92 Å². The molecule has 1 atom stereocenters. The van der Waals surface area contributed by atoms with Gasteiger partial charge in [0.05, 0.1) is 17.5 Å².